The van der Waals surface area contributed by atoms with Gasteiger partial charge in [0, 0.05) is 24.2 Å². The summed E-state index contributed by atoms with van der Waals surface area (Å²) in [6.45, 7) is 5.65. The van der Waals surface area contributed by atoms with Gasteiger partial charge in [-0.15, -0.1) is 0 Å². The fourth-order valence-electron chi connectivity index (χ4n) is 3.49. The first-order chi connectivity index (χ1) is 12.3. The van der Waals surface area contributed by atoms with E-state index >= 15 is 0 Å². The van der Waals surface area contributed by atoms with E-state index in [0.29, 0.717) is 12.1 Å². The molecule has 1 aliphatic rings. The number of nitro benzene ring substituents is 1. The Labute approximate surface area is 153 Å². The lowest BCUT2D eigenvalue weighted by molar-refractivity contribution is -0.385. The van der Waals surface area contributed by atoms with Crippen molar-refractivity contribution >= 4 is 17.6 Å². The van der Waals surface area contributed by atoms with E-state index < -0.39 is 17.0 Å². The van der Waals surface area contributed by atoms with Crippen LogP contribution >= 0.6 is 0 Å². The van der Waals surface area contributed by atoms with Crippen LogP contribution in [0, 0.1) is 17.0 Å². The number of aryl methyl sites for hydroxylation is 1. The zero-order valence-corrected chi connectivity index (χ0v) is 15.6. The number of amides is 1. The molecule has 1 aromatic carbocycles. The van der Waals surface area contributed by atoms with Crippen LogP contribution in [-0.4, -0.2) is 40.4 Å². The van der Waals surface area contributed by atoms with Crippen molar-refractivity contribution in [1.29, 1.82) is 0 Å². The predicted molar refractivity (Wildman–Crippen MR) is 97.0 cm³/mol. The summed E-state index contributed by atoms with van der Waals surface area (Å²) in [4.78, 5) is 37.2. The summed E-state index contributed by atoms with van der Waals surface area (Å²) >= 11 is 0. The van der Waals surface area contributed by atoms with Gasteiger partial charge in [-0.2, -0.15) is 0 Å². The highest BCUT2D eigenvalue weighted by Crippen LogP contribution is 2.24. The number of likely N-dealkylation sites (N-methyl/N-ethyl adjacent to an activating group) is 1. The Hall–Kier alpha value is -2.44. The Kier molecular flexibility index (Phi) is 6.71. The van der Waals surface area contributed by atoms with Crippen molar-refractivity contribution in [2.45, 2.75) is 65.0 Å². The van der Waals surface area contributed by atoms with Crippen molar-refractivity contribution in [3.8, 4) is 0 Å². The third-order valence-electron chi connectivity index (χ3n) is 4.90. The van der Waals surface area contributed by atoms with Crippen LogP contribution in [0.25, 0.3) is 0 Å². The first kappa shape index (κ1) is 19.9. The van der Waals surface area contributed by atoms with E-state index in [1.807, 2.05) is 6.92 Å². The number of esters is 1. The van der Waals surface area contributed by atoms with Crippen molar-refractivity contribution in [1.82, 2.24) is 4.90 Å². The van der Waals surface area contributed by atoms with Crippen LogP contribution in [0.1, 0.15) is 61.9 Å². The van der Waals surface area contributed by atoms with Gasteiger partial charge in [-0.1, -0.05) is 19.3 Å². The number of nitrogens with zero attached hydrogens (tertiary/aromatic N) is 2. The molecular weight excluding hydrogens is 336 g/mol. The fourth-order valence-corrected chi connectivity index (χ4v) is 3.49. The summed E-state index contributed by atoms with van der Waals surface area (Å²) in [5, 5.41) is 10.9. The highest BCUT2D eigenvalue weighted by molar-refractivity contribution is 5.92. The summed E-state index contributed by atoms with van der Waals surface area (Å²) in [6.07, 6.45) is 4.52. The van der Waals surface area contributed by atoms with Gasteiger partial charge >= 0.3 is 5.97 Å². The molecule has 0 aliphatic heterocycles. The van der Waals surface area contributed by atoms with E-state index in [2.05, 4.69) is 0 Å². The number of benzene rings is 1. The van der Waals surface area contributed by atoms with Crippen molar-refractivity contribution in [2.24, 2.45) is 0 Å². The van der Waals surface area contributed by atoms with Crippen LogP contribution in [0.2, 0.25) is 0 Å². The van der Waals surface area contributed by atoms with Gasteiger partial charge < -0.3 is 9.64 Å². The normalized spacial score (nSPS) is 16.0. The summed E-state index contributed by atoms with van der Waals surface area (Å²) in [5.74, 6) is -0.838. The fraction of sp³-hybridized carbons (Fsp3) is 0.579. The average Bonchev–Trinajstić information content (AvgIpc) is 2.62. The molecule has 1 amide bonds. The molecule has 0 bridgehead atoms. The minimum absolute atomic E-state index is 0.0554. The zero-order chi connectivity index (χ0) is 19.3. The zero-order valence-electron chi connectivity index (χ0n) is 15.6. The van der Waals surface area contributed by atoms with Crippen LogP contribution in [0.4, 0.5) is 5.69 Å². The minimum atomic E-state index is -0.889. The molecular formula is C19H26N2O5. The van der Waals surface area contributed by atoms with Gasteiger partial charge in [0.25, 0.3) is 11.6 Å². The largest absolute Gasteiger partial charge is 0.449 e. The maximum Gasteiger partial charge on any atom is 0.338 e. The van der Waals surface area contributed by atoms with E-state index in [1.54, 1.807) is 18.7 Å². The van der Waals surface area contributed by atoms with Crippen molar-refractivity contribution in [2.75, 3.05) is 6.54 Å². The van der Waals surface area contributed by atoms with Crippen molar-refractivity contribution < 1.29 is 19.2 Å². The Bertz CT molecular complexity index is 683. The Morgan fingerprint density at radius 3 is 2.50 bits per heavy atom. The summed E-state index contributed by atoms with van der Waals surface area (Å²) in [5.41, 5.74) is 0.523. The molecule has 1 aliphatic carbocycles. The number of hydrogen-bond acceptors (Lipinski definition) is 5. The van der Waals surface area contributed by atoms with Crippen LogP contribution in [0.3, 0.4) is 0 Å². The molecule has 1 saturated carbocycles. The molecule has 0 spiro atoms. The van der Waals surface area contributed by atoms with Gasteiger partial charge in [0.2, 0.25) is 0 Å². The quantitative estimate of drug-likeness (QED) is 0.438. The second-order valence-electron chi connectivity index (χ2n) is 6.72. The Morgan fingerprint density at radius 1 is 1.31 bits per heavy atom. The molecule has 0 saturated heterocycles. The van der Waals surface area contributed by atoms with E-state index in [4.69, 9.17) is 4.74 Å². The van der Waals surface area contributed by atoms with Gasteiger partial charge in [-0.25, -0.2) is 4.79 Å². The van der Waals surface area contributed by atoms with Crippen molar-refractivity contribution in [3.63, 3.8) is 0 Å². The molecule has 7 heteroatoms. The highest BCUT2D eigenvalue weighted by Gasteiger charge is 2.29. The molecule has 0 N–H and O–H groups in total. The Balaban J connectivity index is 2.04. The van der Waals surface area contributed by atoms with Crippen LogP contribution in [0.15, 0.2) is 18.2 Å². The second kappa shape index (κ2) is 8.78. The number of carbonyl (C=O) groups is 2. The molecule has 1 fully saturated rings. The monoisotopic (exact) mass is 362 g/mol. The lowest BCUT2D eigenvalue weighted by Crippen LogP contribution is -2.46. The van der Waals surface area contributed by atoms with Crippen molar-refractivity contribution in [3.05, 3.63) is 39.4 Å². The number of rotatable bonds is 6. The molecule has 0 aromatic heterocycles. The third-order valence-corrected chi connectivity index (χ3v) is 4.90. The van der Waals surface area contributed by atoms with E-state index in [0.717, 1.165) is 25.7 Å². The number of hydrogen-bond donors (Lipinski definition) is 0. The first-order valence-corrected chi connectivity index (χ1v) is 9.11. The Morgan fingerprint density at radius 2 is 1.96 bits per heavy atom. The maximum atomic E-state index is 12.7. The van der Waals surface area contributed by atoms with E-state index in [-0.39, 0.29) is 23.2 Å². The van der Waals surface area contributed by atoms with Gasteiger partial charge in [-0.05, 0) is 45.7 Å². The lowest BCUT2D eigenvalue weighted by atomic mass is 9.94. The first-order valence-electron chi connectivity index (χ1n) is 9.11. The minimum Gasteiger partial charge on any atom is -0.449 e. The maximum absolute atomic E-state index is 12.7. The molecule has 7 nitrogen and oxygen atoms in total. The van der Waals surface area contributed by atoms with E-state index in [9.17, 15) is 19.7 Å². The molecule has 1 aromatic rings. The van der Waals surface area contributed by atoms with Crippen LogP contribution in [-0.2, 0) is 9.53 Å². The molecule has 0 radical (unpaired) electrons. The standard InChI is InChI=1S/C19H26N2O5/c1-4-20(16-8-6-5-7-9-16)18(22)14(3)26-19(23)15-10-11-17(21(24)25)13(2)12-15/h10-12,14,16H,4-9H2,1-3H3/t14-/m1/s1. The molecule has 142 valence electrons. The molecule has 0 heterocycles. The number of carbonyl (C=O) groups excluding carboxylic acids is 2. The van der Waals surface area contributed by atoms with Gasteiger partial charge in [0.05, 0.1) is 10.5 Å². The lowest BCUT2D eigenvalue weighted by Gasteiger charge is -2.35. The second-order valence-corrected chi connectivity index (χ2v) is 6.72. The average molecular weight is 362 g/mol. The summed E-state index contributed by atoms with van der Waals surface area (Å²) in [7, 11) is 0. The van der Waals surface area contributed by atoms with Crippen LogP contribution in [0.5, 0.6) is 0 Å². The van der Waals surface area contributed by atoms with Gasteiger partial charge in [-0.3, -0.25) is 14.9 Å². The third kappa shape index (κ3) is 4.59. The summed E-state index contributed by atoms with van der Waals surface area (Å²) < 4.78 is 5.33. The molecule has 26 heavy (non-hydrogen) atoms. The summed E-state index contributed by atoms with van der Waals surface area (Å²) in [6, 6.07) is 4.25. The SMILES string of the molecule is CCN(C(=O)[C@@H](C)OC(=O)c1ccc([N+](=O)[O-])c(C)c1)C1CCCCC1. The van der Waals surface area contributed by atoms with Gasteiger partial charge in [0.1, 0.15) is 0 Å². The molecule has 2 rings (SSSR count). The van der Waals surface area contributed by atoms with E-state index in [1.165, 1.54) is 24.6 Å². The highest BCUT2D eigenvalue weighted by atomic mass is 16.6. The van der Waals surface area contributed by atoms with Gasteiger partial charge in [0.15, 0.2) is 6.10 Å². The van der Waals surface area contributed by atoms with Crippen LogP contribution < -0.4 is 0 Å². The predicted octanol–water partition coefficient (Wildman–Crippen LogP) is 3.63. The smallest absolute Gasteiger partial charge is 0.338 e. The molecule has 0 unspecified atom stereocenters. The number of ether oxygens (including phenoxy) is 1. The topological polar surface area (TPSA) is 89.8 Å². The number of nitro groups is 1. The molecule has 1 atom stereocenters.